The van der Waals surface area contributed by atoms with Gasteiger partial charge < -0.3 is 9.15 Å². The summed E-state index contributed by atoms with van der Waals surface area (Å²) in [5.41, 5.74) is 9.21. The number of ether oxygens (including phenoxy) is 1. The molecule has 0 spiro atoms. The molecule has 0 aliphatic carbocycles. The zero-order valence-corrected chi connectivity index (χ0v) is 18.1. The molecule has 0 N–H and O–H groups in total. The van der Waals surface area contributed by atoms with Crippen molar-refractivity contribution in [1.82, 2.24) is 0 Å². The van der Waals surface area contributed by atoms with E-state index in [1.165, 1.54) is 27.8 Å². The summed E-state index contributed by atoms with van der Waals surface area (Å²) in [6, 6.07) is 17.6. The number of benzene rings is 3. The van der Waals surface area contributed by atoms with Gasteiger partial charge in [-0.2, -0.15) is 0 Å². The number of hydrogen-bond donors (Lipinski definition) is 0. The van der Waals surface area contributed by atoms with Crippen molar-refractivity contribution in [3.8, 4) is 16.9 Å². The van der Waals surface area contributed by atoms with Crippen LogP contribution in [-0.2, 0) is 6.61 Å². The van der Waals surface area contributed by atoms with E-state index in [-0.39, 0.29) is 5.63 Å². The third kappa shape index (κ3) is 3.63. The van der Waals surface area contributed by atoms with Crippen LogP contribution in [0.15, 0.2) is 63.8 Å². The Morgan fingerprint density at radius 2 is 1.50 bits per heavy atom. The van der Waals surface area contributed by atoms with Crippen LogP contribution in [0.3, 0.4) is 0 Å². The van der Waals surface area contributed by atoms with Gasteiger partial charge in [-0.1, -0.05) is 36.4 Å². The molecule has 0 fully saturated rings. The van der Waals surface area contributed by atoms with Crippen LogP contribution in [0.25, 0.3) is 22.1 Å². The lowest BCUT2D eigenvalue weighted by Gasteiger charge is -2.18. The summed E-state index contributed by atoms with van der Waals surface area (Å²) >= 11 is 0. The van der Waals surface area contributed by atoms with Crippen LogP contribution in [-0.4, -0.2) is 0 Å². The van der Waals surface area contributed by atoms with Gasteiger partial charge in [0.2, 0.25) is 0 Å². The second-order valence-corrected chi connectivity index (χ2v) is 8.01. The van der Waals surface area contributed by atoms with Crippen LogP contribution in [0, 0.1) is 34.6 Å². The Labute approximate surface area is 176 Å². The summed E-state index contributed by atoms with van der Waals surface area (Å²) in [7, 11) is 0. The topological polar surface area (TPSA) is 39.4 Å². The van der Waals surface area contributed by atoms with Crippen LogP contribution in [0.5, 0.6) is 5.75 Å². The first kappa shape index (κ1) is 20.0. The van der Waals surface area contributed by atoms with E-state index in [1.54, 1.807) is 6.07 Å². The molecule has 3 nitrogen and oxygen atoms in total. The molecule has 1 aromatic heterocycles. The molecule has 0 saturated carbocycles. The van der Waals surface area contributed by atoms with Crippen LogP contribution >= 0.6 is 0 Å². The van der Waals surface area contributed by atoms with E-state index in [0.29, 0.717) is 12.2 Å². The maximum atomic E-state index is 12.2. The van der Waals surface area contributed by atoms with Crippen LogP contribution in [0.1, 0.15) is 33.4 Å². The van der Waals surface area contributed by atoms with Gasteiger partial charge in [0.05, 0.1) is 5.39 Å². The van der Waals surface area contributed by atoms with E-state index < -0.39 is 0 Å². The molecule has 4 rings (SSSR count). The summed E-state index contributed by atoms with van der Waals surface area (Å²) in [6.07, 6.45) is 0. The minimum absolute atomic E-state index is 0.362. The maximum absolute atomic E-state index is 12.2. The summed E-state index contributed by atoms with van der Waals surface area (Å²) in [5, 5.41) is 0.825. The molecular formula is C27H26O3. The molecule has 1 heterocycles. The van der Waals surface area contributed by atoms with Crippen molar-refractivity contribution < 1.29 is 9.15 Å². The van der Waals surface area contributed by atoms with Crippen molar-refractivity contribution in [1.29, 1.82) is 0 Å². The Balaban J connectivity index is 1.87. The molecule has 0 unspecified atom stereocenters. The maximum Gasteiger partial charge on any atom is 0.336 e. The quantitative estimate of drug-likeness (QED) is 0.364. The lowest BCUT2D eigenvalue weighted by atomic mass is 9.95. The van der Waals surface area contributed by atoms with Crippen molar-refractivity contribution in [2.75, 3.05) is 0 Å². The van der Waals surface area contributed by atoms with Gasteiger partial charge in [-0.25, -0.2) is 4.79 Å². The average Bonchev–Trinajstić information content (AvgIpc) is 2.71. The number of aryl methyl sites for hydroxylation is 3. The lowest BCUT2D eigenvalue weighted by Crippen LogP contribution is -2.05. The fourth-order valence-electron chi connectivity index (χ4n) is 4.02. The van der Waals surface area contributed by atoms with E-state index in [9.17, 15) is 4.79 Å². The normalized spacial score (nSPS) is 11.1. The first-order valence-corrected chi connectivity index (χ1v) is 10.2. The Morgan fingerprint density at radius 1 is 0.833 bits per heavy atom. The molecule has 3 heteroatoms. The number of hydrogen-bond acceptors (Lipinski definition) is 3. The van der Waals surface area contributed by atoms with E-state index >= 15 is 0 Å². The monoisotopic (exact) mass is 398 g/mol. The highest BCUT2D eigenvalue weighted by molar-refractivity contribution is 5.98. The molecule has 152 valence electrons. The van der Waals surface area contributed by atoms with E-state index in [0.717, 1.165) is 27.8 Å². The zero-order valence-electron chi connectivity index (χ0n) is 18.1. The van der Waals surface area contributed by atoms with Gasteiger partial charge in [0, 0.05) is 11.6 Å². The Bertz CT molecular complexity index is 1270. The standard InChI is InChI=1S/C27H26O3/c1-16-11-24(29-15-23-19(4)17(2)13-18(3)20(23)5)27-22(21-9-7-6-8-10-21)14-26(28)30-25(27)12-16/h6-14H,15H2,1-5H3. The third-order valence-corrected chi connectivity index (χ3v) is 5.93. The summed E-state index contributed by atoms with van der Waals surface area (Å²) in [5.74, 6) is 0.727. The molecule has 0 saturated heterocycles. The first-order valence-electron chi connectivity index (χ1n) is 10.2. The minimum Gasteiger partial charge on any atom is -0.488 e. The summed E-state index contributed by atoms with van der Waals surface area (Å²) in [4.78, 5) is 12.2. The first-order chi connectivity index (χ1) is 14.3. The third-order valence-electron chi connectivity index (χ3n) is 5.93. The SMILES string of the molecule is Cc1cc(OCc2c(C)c(C)cc(C)c2C)c2c(-c3ccccc3)cc(=O)oc2c1. The van der Waals surface area contributed by atoms with Crippen LogP contribution in [0.2, 0.25) is 0 Å². The highest BCUT2D eigenvalue weighted by Crippen LogP contribution is 2.36. The predicted molar refractivity (Wildman–Crippen MR) is 122 cm³/mol. The van der Waals surface area contributed by atoms with E-state index in [2.05, 4.69) is 33.8 Å². The van der Waals surface area contributed by atoms with Crippen molar-refractivity contribution in [2.24, 2.45) is 0 Å². The fourth-order valence-corrected chi connectivity index (χ4v) is 4.02. The van der Waals surface area contributed by atoms with Crippen molar-refractivity contribution in [2.45, 2.75) is 41.2 Å². The van der Waals surface area contributed by atoms with Gasteiger partial charge in [-0.15, -0.1) is 0 Å². The predicted octanol–water partition coefficient (Wildman–Crippen LogP) is 6.58. The largest absolute Gasteiger partial charge is 0.488 e. The Kier molecular flexibility index (Phi) is 5.21. The van der Waals surface area contributed by atoms with Crippen LogP contribution < -0.4 is 10.4 Å². The lowest BCUT2D eigenvalue weighted by molar-refractivity contribution is 0.307. The second kappa shape index (κ2) is 7.83. The zero-order chi connectivity index (χ0) is 21.4. The molecule has 0 bridgehead atoms. The minimum atomic E-state index is -0.362. The highest BCUT2D eigenvalue weighted by atomic mass is 16.5. The van der Waals surface area contributed by atoms with E-state index in [4.69, 9.17) is 9.15 Å². The van der Waals surface area contributed by atoms with Crippen LogP contribution in [0.4, 0.5) is 0 Å². The van der Waals surface area contributed by atoms with Gasteiger partial charge in [0.15, 0.2) is 0 Å². The molecule has 3 aromatic carbocycles. The van der Waals surface area contributed by atoms with Crippen molar-refractivity contribution in [3.05, 3.63) is 98.4 Å². The molecule has 0 radical (unpaired) electrons. The number of rotatable bonds is 4. The Hall–Kier alpha value is -3.33. The van der Waals surface area contributed by atoms with Gasteiger partial charge in [0.25, 0.3) is 0 Å². The smallest absolute Gasteiger partial charge is 0.336 e. The molecule has 0 aliphatic rings. The summed E-state index contributed by atoms with van der Waals surface area (Å²) < 4.78 is 11.9. The van der Waals surface area contributed by atoms with Gasteiger partial charge in [-0.05, 0) is 85.7 Å². The summed E-state index contributed by atoms with van der Waals surface area (Å²) in [6.45, 7) is 11.0. The van der Waals surface area contributed by atoms with Gasteiger partial charge >= 0.3 is 5.63 Å². The highest BCUT2D eigenvalue weighted by Gasteiger charge is 2.16. The molecule has 30 heavy (non-hydrogen) atoms. The number of fused-ring (bicyclic) bond motifs is 1. The van der Waals surface area contributed by atoms with E-state index in [1.807, 2.05) is 49.4 Å². The van der Waals surface area contributed by atoms with Crippen molar-refractivity contribution >= 4 is 11.0 Å². The van der Waals surface area contributed by atoms with Gasteiger partial charge in [0.1, 0.15) is 17.9 Å². The van der Waals surface area contributed by atoms with Gasteiger partial charge in [-0.3, -0.25) is 0 Å². The molecule has 0 amide bonds. The molecular weight excluding hydrogens is 372 g/mol. The van der Waals surface area contributed by atoms with Crippen molar-refractivity contribution in [3.63, 3.8) is 0 Å². The molecule has 0 aliphatic heterocycles. The Morgan fingerprint density at radius 3 is 2.17 bits per heavy atom. The average molecular weight is 399 g/mol. The molecule has 4 aromatic rings. The second-order valence-electron chi connectivity index (χ2n) is 8.01. The fraction of sp³-hybridized carbons (Fsp3) is 0.222. The molecule has 0 atom stereocenters.